The van der Waals surface area contributed by atoms with Crippen molar-refractivity contribution in [1.29, 1.82) is 0 Å². The molecular formula is C11H15ClO. The topological polar surface area (TPSA) is 20.2 Å². The fourth-order valence-electron chi connectivity index (χ4n) is 1.41. The van der Waals surface area contributed by atoms with Crippen LogP contribution in [0.15, 0.2) is 24.3 Å². The Hall–Kier alpha value is -0.530. The predicted octanol–water partition coefficient (Wildman–Crippen LogP) is 3.07. The molecule has 2 heteroatoms. The molecule has 1 aromatic rings. The molecule has 0 heterocycles. The molecule has 1 nitrogen and oxygen atoms in total. The van der Waals surface area contributed by atoms with E-state index in [0.717, 1.165) is 10.6 Å². The molecule has 0 bridgehead atoms. The van der Waals surface area contributed by atoms with E-state index in [4.69, 9.17) is 11.6 Å². The summed E-state index contributed by atoms with van der Waals surface area (Å²) in [5.41, 5.74) is 1.15. The van der Waals surface area contributed by atoms with E-state index in [1.165, 1.54) is 0 Å². The van der Waals surface area contributed by atoms with Gasteiger partial charge in [-0.15, -0.1) is 0 Å². The quantitative estimate of drug-likeness (QED) is 0.792. The van der Waals surface area contributed by atoms with E-state index >= 15 is 0 Å². The van der Waals surface area contributed by atoms with E-state index in [1.54, 1.807) is 0 Å². The average Bonchev–Trinajstić information content (AvgIpc) is 2.09. The van der Waals surface area contributed by atoms with Crippen LogP contribution in [0.4, 0.5) is 0 Å². The first-order valence-electron chi connectivity index (χ1n) is 4.51. The molecule has 0 saturated carbocycles. The number of aliphatic hydroxyl groups excluding tert-OH is 1. The minimum Gasteiger partial charge on any atom is -0.396 e. The van der Waals surface area contributed by atoms with Crippen molar-refractivity contribution in [1.82, 2.24) is 0 Å². The van der Waals surface area contributed by atoms with Gasteiger partial charge in [-0.2, -0.15) is 0 Å². The third-order valence-corrected chi connectivity index (χ3v) is 2.55. The smallest absolute Gasteiger partial charge is 0.0502 e. The van der Waals surface area contributed by atoms with Crippen molar-refractivity contribution >= 4 is 11.6 Å². The third kappa shape index (κ3) is 2.71. The monoisotopic (exact) mass is 198 g/mol. The van der Waals surface area contributed by atoms with Crippen molar-refractivity contribution in [3.63, 3.8) is 0 Å². The second-order valence-corrected chi connectivity index (χ2v) is 4.02. The Morgan fingerprint density at radius 1 is 1.23 bits per heavy atom. The van der Waals surface area contributed by atoms with Crippen molar-refractivity contribution in [2.45, 2.75) is 19.8 Å². The molecule has 0 spiro atoms. The van der Waals surface area contributed by atoms with E-state index < -0.39 is 0 Å². The van der Waals surface area contributed by atoms with Gasteiger partial charge in [-0.25, -0.2) is 0 Å². The van der Waals surface area contributed by atoms with Crippen LogP contribution >= 0.6 is 11.6 Å². The molecule has 13 heavy (non-hydrogen) atoms. The zero-order valence-electron chi connectivity index (χ0n) is 8.00. The van der Waals surface area contributed by atoms with Crippen molar-refractivity contribution in [3.8, 4) is 0 Å². The number of hydrogen-bond donors (Lipinski definition) is 1. The highest BCUT2D eigenvalue weighted by Gasteiger charge is 2.13. The van der Waals surface area contributed by atoms with Gasteiger partial charge >= 0.3 is 0 Å². The largest absolute Gasteiger partial charge is 0.396 e. The molecule has 0 aromatic heterocycles. The van der Waals surface area contributed by atoms with Gasteiger partial charge in [0.2, 0.25) is 0 Å². The summed E-state index contributed by atoms with van der Waals surface area (Å²) in [6.07, 6.45) is 0. The summed E-state index contributed by atoms with van der Waals surface area (Å²) in [5.74, 6) is 0.670. The molecule has 0 aliphatic carbocycles. The number of hydrogen-bond acceptors (Lipinski definition) is 1. The van der Waals surface area contributed by atoms with Crippen molar-refractivity contribution in [2.75, 3.05) is 6.61 Å². The maximum Gasteiger partial charge on any atom is 0.0502 e. The highest BCUT2D eigenvalue weighted by atomic mass is 35.5. The molecule has 0 aliphatic heterocycles. The summed E-state index contributed by atoms with van der Waals surface area (Å²) in [6.45, 7) is 4.41. The summed E-state index contributed by atoms with van der Waals surface area (Å²) in [7, 11) is 0. The number of halogens is 1. The Morgan fingerprint density at radius 2 is 1.77 bits per heavy atom. The van der Waals surface area contributed by atoms with Gasteiger partial charge in [0.1, 0.15) is 0 Å². The Balaban J connectivity index is 2.86. The zero-order chi connectivity index (χ0) is 9.84. The first-order chi connectivity index (χ1) is 6.15. The summed E-state index contributed by atoms with van der Waals surface area (Å²) in [4.78, 5) is 0. The molecule has 0 radical (unpaired) electrons. The third-order valence-electron chi connectivity index (χ3n) is 2.30. The molecule has 72 valence electrons. The normalized spacial score (nSPS) is 13.3. The van der Waals surface area contributed by atoms with E-state index in [9.17, 15) is 5.11 Å². The van der Waals surface area contributed by atoms with Crippen LogP contribution in [0.3, 0.4) is 0 Å². The fourth-order valence-corrected chi connectivity index (χ4v) is 1.54. The second-order valence-electron chi connectivity index (χ2n) is 3.58. The molecule has 1 unspecified atom stereocenters. The maximum absolute atomic E-state index is 9.19. The van der Waals surface area contributed by atoms with Crippen molar-refractivity contribution in [2.24, 2.45) is 5.92 Å². The molecule has 0 fully saturated rings. The van der Waals surface area contributed by atoms with Gasteiger partial charge in [0, 0.05) is 10.9 Å². The lowest BCUT2D eigenvalue weighted by Gasteiger charge is -2.18. The standard InChI is InChI=1S/C11H15ClO/c1-8(2)11(7-13)9-3-5-10(12)6-4-9/h3-6,8,11,13H,7H2,1-2H3. The highest BCUT2D eigenvalue weighted by Crippen LogP contribution is 2.24. The lowest BCUT2D eigenvalue weighted by Crippen LogP contribution is -2.10. The Kier molecular flexibility index (Phi) is 3.76. The molecule has 1 aromatic carbocycles. The van der Waals surface area contributed by atoms with Crippen LogP contribution in [-0.4, -0.2) is 11.7 Å². The predicted molar refractivity (Wildman–Crippen MR) is 56.1 cm³/mol. The zero-order valence-corrected chi connectivity index (χ0v) is 8.75. The van der Waals surface area contributed by atoms with Gasteiger partial charge in [-0.1, -0.05) is 37.6 Å². The van der Waals surface area contributed by atoms with Gasteiger partial charge in [-0.05, 0) is 23.6 Å². The van der Waals surface area contributed by atoms with Crippen molar-refractivity contribution in [3.05, 3.63) is 34.9 Å². The lowest BCUT2D eigenvalue weighted by atomic mass is 9.89. The molecular weight excluding hydrogens is 184 g/mol. The van der Waals surface area contributed by atoms with E-state index in [2.05, 4.69) is 13.8 Å². The van der Waals surface area contributed by atoms with Crippen LogP contribution < -0.4 is 0 Å². The second kappa shape index (κ2) is 4.64. The Morgan fingerprint density at radius 3 is 2.15 bits per heavy atom. The first-order valence-corrected chi connectivity index (χ1v) is 4.89. The number of rotatable bonds is 3. The van der Waals surface area contributed by atoms with Gasteiger partial charge in [-0.3, -0.25) is 0 Å². The Bertz CT molecular complexity index is 253. The van der Waals surface area contributed by atoms with E-state index in [-0.39, 0.29) is 12.5 Å². The molecule has 1 N–H and O–H groups in total. The number of benzene rings is 1. The first kappa shape index (κ1) is 10.6. The van der Waals surface area contributed by atoms with Crippen LogP contribution in [0.25, 0.3) is 0 Å². The molecule has 0 saturated heterocycles. The molecule has 1 atom stereocenters. The van der Waals surface area contributed by atoms with Crippen LogP contribution in [0.1, 0.15) is 25.3 Å². The van der Waals surface area contributed by atoms with Crippen LogP contribution in [0.2, 0.25) is 5.02 Å². The van der Waals surface area contributed by atoms with Gasteiger partial charge in [0.05, 0.1) is 6.61 Å². The van der Waals surface area contributed by atoms with Crippen LogP contribution in [0, 0.1) is 5.92 Å². The van der Waals surface area contributed by atoms with Gasteiger partial charge in [0.25, 0.3) is 0 Å². The van der Waals surface area contributed by atoms with Crippen LogP contribution in [-0.2, 0) is 0 Å². The highest BCUT2D eigenvalue weighted by molar-refractivity contribution is 6.30. The molecule has 0 amide bonds. The summed E-state index contributed by atoms with van der Waals surface area (Å²) in [5, 5.41) is 9.93. The summed E-state index contributed by atoms with van der Waals surface area (Å²) >= 11 is 5.78. The van der Waals surface area contributed by atoms with Gasteiger partial charge < -0.3 is 5.11 Å². The van der Waals surface area contributed by atoms with Crippen molar-refractivity contribution < 1.29 is 5.11 Å². The molecule has 1 rings (SSSR count). The van der Waals surface area contributed by atoms with Gasteiger partial charge in [0.15, 0.2) is 0 Å². The van der Waals surface area contributed by atoms with E-state index in [1.807, 2.05) is 24.3 Å². The minimum absolute atomic E-state index is 0.194. The fraction of sp³-hybridized carbons (Fsp3) is 0.455. The summed E-state index contributed by atoms with van der Waals surface area (Å²) in [6, 6.07) is 7.68. The SMILES string of the molecule is CC(C)C(CO)c1ccc(Cl)cc1. The Labute approximate surface area is 84.4 Å². The average molecular weight is 199 g/mol. The summed E-state index contributed by atoms with van der Waals surface area (Å²) < 4.78 is 0. The molecule has 0 aliphatic rings. The minimum atomic E-state index is 0.194. The number of aliphatic hydroxyl groups is 1. The maximum atomic E-state index is 9.19. The van der Waals surface area contributed by atoms with Crippen LogP contribution in [0.5, 0.6) is 0 Å². The lowest BCUT2D eigenvalue weighted by molar-refractivity contribution is 0.237. The van der Waals surface area contributed by atoms with E-state index in [0.29, 0.717) is 5.92 Å².